The number of amides is 2. The Hall–Kier alpha value is -2.36. The predicted molar refractivity (Wildman–Crippen MR) is 70.5 cm³/mol. The summed E-state index contributed by atoms with van der Waals surface area (Å²) in [7, 11) is 3.39. The number of hydrogen-bond donors (Lipinski definition) is 1. The molecule has 0 heterocycles. The van der Waals surface area contributed by atoms with Crippen molar-refractivity contribution in [3.8, 4) is 0 Å². The molecule has 0 aliphatic rings. The van der Waals surface area contributed by atoms with Crippen LogP contribution in [0.4, 0.5) is 0 Å². The number of benzene rings is 2. The van der Waals surface area contributed by atoms with Gasteiger partial charge in [-0.05, 0) is 22.9 Å². The first kappa shape index (κ1) is 12.1. The van der Waals surface area contributed by atoms with Crippen LogP contribution in [0.25, 0.3) is 10.8 Å². The van der Waals surface area contributed by atoms with Gasteiger partial charge in [-0.2, -0.15) is 0 Å². The van der Waals surface area contributed by atoms with Crippen LogP contribution in [0.5, 0.6) is 0 Å². The van der Waals surface area contributed by atoms with Gasteiger partial charge >= 0.3 is 0 Å². The monoisotopic (exact) mass is 242 g/mol. The second kappa shape index (κ2) is 4.49. The van der Waals surface area contributed by atoms with Crippen molar-refractivity contribution in [1.82, 2.24) is 4.90 Å². The number of fused-ring (bicyclic) bond motifs is 1. The van der Waals surface area contributed by atoms with Gasteiger partial charge in [0.05, 0.1) is 0 Å². The minimum Gasteiger partial charge on any atom is -0.366 e. The Morgan fingerprint density at radius 3 is 1.94 bits per heavy atom. The maximum Gasteiger partial charge on any atom is 0.253 e. The van der Waals surface area contributed by atoms with Gasteiger partial charge in [0.25, 0.3) is 5.91 Å². The summed E-state index contributed by atoms with van der Waals surface area (Å²) in [5, 5.41) is 1.45. The zero-order chi connectivity index (χ0) is 13.3. The molecule has 0 aliphatic carbocycles. The van der Waals surface area contributed by atoms with Gasteiger partial charge in [0.2, 0.25) is 5.91 Å². The summed E-state index contributed by atoms with van der Waals surface area (Å²) in [6.45, 7) is 0. The maximum atomic E-state index is 12.0. The van der Waals surface area contributed by atoms with Crippen LogP contribution in [0.2, 0.25) is 0 Å². The number of carbonyl (C=O) groups is 2. The average molecular weight is 242 g/mol. The first-order valence-corrected chi connectivity index (χ1v) is 5.55. The molecular weight excluding hydrogens is 228 g/mol. The molecule has 18 heavy (non-hydrogen) atoms. The van der Waals surface area contributed by atoms with Gasteiger partial charge in [-0.3, -0.25) is 9.59 Å². The lowest BCUT2D eigenvalue weighted by Gasteiger charge is -2.13. The third kappa shape index (κ3) is 1.93. The lowest BCUT2D eigenvalue weighted by atomic mass is 9.98. The van der Waals surface area contributed by atoms with Crippen molar-refractivity contribution in [2.45, 2.75) is 0 Å². The molecule has 0 aromatic heterocycles. The van der Waals surface area contributed by atoms with Gasteiger partial charge < -0.3 is 10.6 Å². The largest absolute Gasteiger partial charge is 0.366 e. The minimum absolute atomic E-state index is 0.0952. The Morgan fingerprint density at radius 1 is 0.944 bits per heavy atom. The summed E-state index contributed by atoms with van der Waals surface area (Å²) in [5.74, 6) is -0.586. The predicted octanol–water partition coefficient (Wildman–Crippen LogP) is 1.64. The van der Waals surface area contributed by atoms with Crippen molar-refractivity contribution < 1.29 is 9.59 Å². The highest BCUT2D eigenvalue weighted by Gasteiger charge is 2.15. The van der Waals surface area contributed by atoms with E-state index in [1.165, 1.54) is 4.90 Å². The molecule has 2 amide bonds. The van der Waals surface area contributed by atoms with Crippen LogP contribution in [-0.4, -0.2) is 30.8 Å². The van der Waals surface area contributed by atoms with Crippen molar-refractivity contribution in [3.05, 3.63) is 47.5 Å². The highest BCUT2D eigenvalue weighted by Crippen LogP contribution is 2.23. The second-order valence-corrected chi connectivity index (χ2v) is 4.27. The smallest absolute Gasteiger partial charge is 0.253 e. The lowest BCUT2D eigenvalue weighted by molar-refractivity contribution is 0.0829. The third-order valence-electron chi connectivity index (χ3n) is 2.83. The summed E-state index contributed by atoms with van der Waals surface area (Å²) in [5.41, 5.74) is 6.33. The number of rotatable bonds is 2. The normalized spacial score (nSPS) is 10.3. The molecule has 2 N–H and O–H groups in total. The Morgan fingerprint density at radius 2 is 1.44 bits per heavy atom. The molecule has 0 saturated carbocycles. The van der Waals surface area contributed by atoms with Gasteiger partial charge in [0, 0.05) is 25.2 Å². The number of carbonyl (C=O) groups excluding carboxylic acids is 2. The van der Waals surface area contributed by atoms with E-state index in [1.54, 1.807) is 32.3 Å². The van der Waals surface area contributed by atoms with Crippen molar-refractivity contribution >= 4 is 22.6 Å². The van der Waals surface area contributed by atoms with Crippen LogP contribution in [0.3, 0.4) is 0 Å². The Labute approximate surface area is 105 Å². The molecule has 92 valence electrons. The highest BCUT2D eigenvalue weighted by atomic mass is 16.2. The fraction of sp³-hybridized carbons (Fsp3) is 0.143. The summed E-state index contributed by atoms with van der Waals surface area (Å²) in [6, 6.07) is 10.5. The van der Waals surface area contributed by atoms with Crippen LogP contribution in [-0.2, 0) is 0 Å². The summed E-state index contributed by atoms with van der Waals surface area (Å²) < 4.78 is 0. The van der Waals surface area contributed by atoms with E-state index in [-0.39, 0.29) is 5.91 Å². The first-order chi connectivity index (χ1) is 8.52. The standard InChI is InChI=1S/C14H14N2O2/c1-16(2)14(18)12-8-7-11(13(15)17)9-5-3-4-6-10(9)12/h3-8H,1-2H3,(H2,15,17). The molecule has 0 atom stereocenters. The average Bonchev–Trinajstić information content (AvgIpc) is 2.36. The molecule has 4 nitrogen and oxygen atoms in total. The number of primary amides is 1. The molecule has 0 radical (unpaired) electrons. The van der Waals surface area contributed by atoms with Gasteiger partial charge in [-0.1, -0.05) is 24.3 Å². The summed E-state index contributed by atoms with van der Waals surface area (Å²) >= 11 is 0. The summed E-state index contributed by atoms with van der Waals surface area (Å²) in [4.78, 5) is 24.9. The SMILES string of the molecule is CN(C)C(=O)c1ccc(C(N)=O)c2ccccc12. The molecule has 2 aromatic carbocycles. The Bertz CT molecular complexity index is 633. The van der Waals surface area contributed by atoms with Crippen LogP contribution in [0, 0.1) is 0 Å². The van der Waals surface area contributed by atoms with Crippen LogP contribution < -0.4 is 5.73 Å². The van der Waals surface area contributed by atoms with E-state index in [0.717, 1.165) is 5.39 Å². The highest BCUT2D eigenvalue weighted by molar-refractivity contribution is 6.13. The number of hydrogen-bond acceptors (Lipinski definition) is 2. The number of nitrogens with two attached hydrogens (primary N) is 1. The summed E-state index contributed by atoms with van der Waals surface area (Å²) in [6.07, 6.45) is 0. The van der Waals surface area contributed by atoms with E-state index in [0.29, 0.717) is 16.5 Å². The van der Waals surface area contributed by atoms with Gasteiger partial charge in [-0.25, -0.2) is 0 Å². The van der Waals surface area contributed by atoms with E-state index in [2.05, 4.69) is 0 Å². The molecule has 2 rings (SSSR count). The van der Waals surface area contributed by atoms with Crippen molar-refractivity contribution in [3.63, 3.8) is 0 Å². The first-order valence-electron chi connectivity index (χ1n) is 5.55. The molecule has 0 saturated heterocycles. The molecule has 0 aliphatic heterocycles. The van der Waals surface area contributed by atoms with Crippen molar-refractivity contribution in [2.24, 2.45) is 5.73 Å². The van der Waals surface area contributed by atoms with Gasteiger partial charge in [0.15, 0.2) is 0 Å². The fourth-order valence-electron chi connectivity index (χ4n) is 1.94. The van der Waals surface area contributed by atoms with E-state index in [9.17, 15) is 9.59 Å². The van der Waals surface area contributed by atoms with E-state index in [4.69, 9.17) is 5.73 Å². The second-order valence-electron chi connectivity index (χ2n) is 4.27. The van der Waals surface area contributed by atoms with Gasteiger partial charge in [0.1, 0.15) is 0 Å². The molecule has 0 bridgehead atoms. The fourth-order valence-corrected chi connectivity index (χ4v) is 1.94. The molecule has 0 unspecified atom stereocenters. The lowest BCUT2D eigenvalue weighted by Crippen LogP contribution is -2.22. The maximum absolute atomic E-state index is 12.0. The molecule has 0 fully saturated rings. The Balaban J connectivity index is 2.76. The topological polar surface area (TPSA) is 63.4 Å². The number of nitrogens with zero attached hydrogens (tertiary/aromatic N) is 1. The van der Waals surface area contributed by atoms with E-state index >= 15 is 0 Å². The van der Waals surface area contributed by atoms with Crippen molar-refractivity contribution in [1.29, 1.82) is 0 Å². The van der Waals surface area contributed by atoms with Crippen LogP contribution in [0.15, 0.2) is 36.4 Å². The molecular formula is C14H14N2O2. The minimum atomic E-state index is -0.491. The molecule has 2 aromatic rings. The molecule has 0 spiro atoms. The zero-order valence-electron chi connectivity index (χ0n) is 10.3. The van der Waals surface area contributed by atoms with E-state index in [1.807, 2.05) is 18.2 Å². The van der Waals surface area contributed by atoms with Gasteiger partial charge in [-0.15, -0.1) is 0 Å². The quantitative estimate of drug-likeness (QED) is 0.870. The van der Waals surface area contributed by atoms with Crippen LogP contribution in [0.1, 0.15) is 20.7 Å². The van der Waals surface area contributed by atoms with E-state index < -0.39 is 5.91 Å². The van der Waals surface area contributed by atoms with Crippen LogP contribution >= 0.6 is 0 Å². The Kier molecular flexibility index (Phi) is 3.02. The zero-order valence-corrected chi connectivity index (χ0v) is 10.3. The molecule has 4 heteroatoms. The van der Waals surface area contributed by atoms with Crippen molar-refractivity contribution in [2.75, 3.05) is 14.1 Å². The third-order valence-corrected chi connectivity index (χ3v) is 2.83.